The van der Waals surface area contributed by atoms with Crippen molar-refractivity contribution in [2.24, 2.45) is 29.1 Å². The molecule has 1 N–H and O–H groups in total. The van der Waals surface area contributed by atoms with Crippen LogP contribution < -0.4 is 0 Å². The van der Waals surface area contributed by atoms with Crippen LogP contribution in [0.1, 0.15) is 62.4 Å². The summed E-state index contributed by atoms with van der Waals surface area (Å²) in [5, 5.41) is 10.7. The van der Waals surface area contributed by atoms with Crippen molar-refractivity contribution in [3.63, 3.8) is 0 Å². The minimum absolute atomic E-state index is 0.0814. The molecule has 0 saturated heterocycles. The second-order valence-corrected chi connectivity index (χ2v) is 7.49. The number of fused-ring (bicyclic) bond motifs is 5. The molecule has 0 aromatic heterocycles. The van der Waals surface area contributed by atoms with Gasteiger partial charge in [0.1, 0.15) is 0 Å². The van der Waals surface area contributed by atoms with Crippen LogP contribution in [0.2, 0.25) is 0 Å². The Balaban J connectivity index is 1.68. The Morgan fingerprint density at radius 2 is 2.15 bits per heavy atom. The van der Waals surface area contributed by atoms with E-state index in [1.54, 1.807) is 0 Å². The Bertz CT molecular complexity index is 583. The second kappa shape index (κ2) is 4.43. The van der Waals surface area contributed by atoms with Gasteiger partial charge >= 0.3 is 0 Å². The molecule has 4 aliphatic carbocycles. The monoisotopic (exact) mass is 277 g/mol. The van der Waals surface area contributed by atoms with Crippen molar-refractivity contribution in [2.75, 3.05) is 0 Å². The van der Waals surface area contributed by atoms with E-state index < -0.39 is 17.9 Å². The summed E-state index contributed by atoms with van der Waals surface area (Å²) in [6.45, 7) is 1.93. The van der Waals surface area contributed by atoms with E-state index in [1.807, 2.05) is 13.0 Å². The van der Waals surface area contributed by atoms with Crippen LogP contribution in [0.25, 0.3) is 0 Å². The zero-order chi connectivity index (χ0) is 16.6. The summed E-state index contributed by atoms with van der Waals surface area (Å²) in [5.74, 6) is 1.71. The van der Waals surface area contributed by atoms with Gasteiger partial charge in [0.05, 0.1) is 7.45 Å². The van der Waals surface area contributed by atoms with E-state index >= 15 is 0 Å². The summed E-state index contributed by atoms with van der Waals surface area (Å²) >= 11 is 0. The van der Waals surface area contributed by atoms with Crippen LogP contribution >= 0.6 is 0 Å². The molecule has 0 amide bonds. The first-order chi connectivity index (χ1) is 10.7. The van der Waals surface area contributed by atoms with Crippen LogP contribution in [0.5, 0.6) is 0 Å². The summed E-state index contributed by atoms with van der Waals surface area (Å²) in [6, 6.07) is 0. The van der Waals surface area contributed by atoms with Gasteiger partial charge in [-0.15, -0.1) is 0 Å². The van der Waals surface area contributed by atoms with Gasteiger partial charge in [-0.05, 0) is 80.1 Å². The standard InChI is InChI=1S/C18H26O2/c1-18-9-8-14-13-5-3-12(19)10-11(13)2-4-15(14)16(18)6-7-17(18)20/h10,13-17,20H,2-9H2,1H3/t13?,14-,15-,16+,17+,18+/m1/s1/i7D2,17D. The maximum atomic E-state index is 11.7. The minimum Gasteiger partial charge on any atom is -0.393 e. The molecule has 0 radical (unpaired) electrons. The van der Waals surface area contributed by atoms with Crippen LogP contribution in [-0.4, -0.2) is 17.0 Å². The van der Waals surface area contributed by atoms with Gasteiger partial charge in [-0.3, -0.25) is 4.79 Å². The van der Waals surface area contributed by atoms with Crippen LogP contribution in [0.15, 0.2) is 11.6 Å². The van der Waals surface area contributed by atoms with Crippen molar-refractivity contribution in [1.82, 2.24) is 0 Å². The summed E-state index contributed by atoms with van der Waals surface area (Å²) in [4.78, 5) is 11.7. The number of carbonyl (C=O) groups is 1. The van der Waals surface area contributed by atoms with Crippen LogP contribution in [-0.2, 0) is 4.79 Å². The minimum atomic E-state index is -1.99. The Labute approximate surface area is 125 Å². The van der Waals surface area contributed by atoms with E-state index in [-0.39, 0.29) is 11.7 Å². The van der Waals surface area contributed by atoms with Gasteiger partial charge in [0.15, 0.2) is 5.78 Å². The lowest BCUT2D eigenvalue weighted by Crippen LogP contribution is -2.47. The molecule has 2 nitrogen and oxygen atoms in total. The molecule has 6 atom stereocenters. The summed E-state index contributed by atoms with van der Waals surface area (Å²) in [7, 11) is 0. The number of allylic oxidation sites excluding steroid dienone is 1. The number of hydrogen-bond donors (Lipinski definition) is 1. The van der Waals surface area contributed by atoms with E-state index in [0.717, 1.165) is 32.1 Å². The Kier molecular flexibility index (Phi) is 2.25. The Hall–Kier alpha value is -0.630. The number of ketones is 1. The van der Waals surface area contributed by atoms with E-state index in [2.05, 4.69) is 0 Å². The van der Waals surface area contributed by atoms with Gasteiger partial charge in [0.2, 0.25) is 0 Å². The Morgan fingerprint density at radius 3 is 3.00 bits per heavy atom. The van der Waals surface area contributed by atoms with E-state index in [0.29, 0.717) is 30.6 Å². The van der Waals surface area contributed by atoms with Crippen molar-refractivity contribution in [3.05, 3.63) is 11.6 Å². The smallest absolute Gasteiger partial charge is 0.155 e. The topological polar surface area (TPSA) is 37.3 Å². The maximum absolute atomic E-state index is 11.7. The lowest BCUT2D eigenvalue weighted by atomic mass is 9.52. The SMILES string of the molecule is [2H]C1([2H])C[C@H]2[C@@H]3CCC4=CC(=O)CCC4[C@H]3CC[C@]2(C)[C@@]1([2H])O. The summed E-state index contributed by atoms with van der Waals surface area (Å²) in [6.07, 6.45) is 3.50. The third-order valence-corrected chi connectivity index (χ3v) is 6.72. The third-order valence-electron chi connectivity index (χ3n) is 6.72. The number of rotatable bonds is 0. The predicted octanol–water partition coefficient (Wildman–Crippen LogP) is 3.49. The predicted molar refractivity (Wildman–Crippen MR) is 78.1 cm³/mol. The van der Waals surface area contributed by atoms with Gasteiger partial charge in [0.25, 0.3) is 0 Å². The highest BCUT2D eigenvalue weighted by atomic mass is 16.3. The molecular weight excluding hydrogens is 248 g/mol. The van der Waals surface area contributed by atoms with E-state index in [1.165, 1.54) is 5.57 Å². The number of carbonyl (C=O) groups excluding carboxylic acids is 1. The zero-order valence-electron chi connectivity index (χ0n) is 15.2. The molecule has 3 fully saturated rings. The van der Waals surface area contributed by atoms with Gasteiger partial charge in [-0.25, -0.2) is 0 Å². The lowest BCUT2D eigenvalue weighted by Gasteiger charge is -2.53. The average Bonchev–Trinajstić information content (AvgIpc) is 2.62. The normalized spacial score (nSPS) is 59.4. The molecule has 3 saturated carbocycles. The van der Waals surface area contributed by atoms with Crippen LogP contribution in [0.4, 0.5) is 0 Å². The quantitative estimate of drug-likeness (QED) is 0.736. The first-order valence-electron chi connectivity index (χ1n) is 9.63. The molecule has 0 aliphatic heterocycles. The zero-order valence-corrected chi connectivity index (χ0v) is 12.2. The molecule has 20 heavy (non-hydrogen) atoms. The maximum Gasteiger partial charge on any atom is 0.155 e. The molecule has 0 spiro atoms. The molecule has 0 aromatic carbocycles. The first-order valence-corrected chi connectivity index (χ1v) is 8.13. The largest absolute Gasteiger partial charge is 0.393 e. The molecule has 0 aromatic rings. The fourth-order valence-electron chi connectivity index (χ4n) is 5.58. The molecule has 2 heteroatoms. The molecule has 1 unspecified atom stereocenters. The number of aliphatic hydroxyl groups is 1. The molecule has 4 aliphatic rings. The van der Waals surface area contributed by atoms with Crippen molar-refractivity contribution in [3.8, 4) is 0 Å². The molecule has 110 valence electrons. The fraction of sp³-hybridized carbons (Fsp3) is 0.833. The average molecular weight is 277 g/mol. The third kappa shape index (κ3) is 1.70. The molecule has 4 rings (SSSR count). The van der Waals surface area contributed by atoms with Crippen LogP contribution in [0.3, 0.4) is 0 Å². The van der Waals surface area contributed by atoms with Crippen molar-refractivity contribution in [2.45, 2.75) is 64.3 Å². The summed E-state index contributed by atoms with van der Waals surface area (Å²) in [5.41, 5.74) is 0.664. The molecule has 0 bridgehead atoms. The van der Waals surface area contributed by atoms with Crippen molar-refractivity contribution >= 4 is 5.78 Å². The van der Waals surface area contributed by atoms with Crippen LogP contribution in [0, 0.1) is 29.1 Å². The van der Waals surface area contributed by atoms with Gasteiger partial charge in [-0.2, -0.15) is 0 Å². The highest BCUT2D eigenvalue weighted by Gasteiger charge is 2.55. The fourth-order valence-corrected chi connectivity index (χ4v) is 5.58. The molecule has 0 heterocycles. The van der Waals surface area contributed by atoms with E-state index in [9.17, 15) is 9.90 Å². The highest BCUT2D eigenvalue weighted by Crippen LogP contribution is 2.61. The van der Waals surface area contributed by atoms with Gasteiger partial charge < -0.3 is 5.11 Å². The summed E-state index contributed by atoms with van der Waals surface area (Å²) < 4.78 is 24.7. The van der Waals surface area contributed by atoms with Crippen molar-refractivity contribution < 1.29 is 14.0 Å². The van der Waals surface area contributed by atoms with Crippen molar-refractivity contribution in [1.29, 1.82) is 0 Å². The Morgan fingerprint density at radius 1 is 1.30 bits per heavy atom. The van der Waals surface area contributed by atoms with Gasteiger partial charge in [0, 0.05) is 9.16 Å². The number of hydrogen-bond acceptors (Lipinski definition) is 2. The van der Waals surface area contributed by atoms with E-state index in [4.69, 9.17) is 4.11 Å². The lowest BCUT2D eigenvalue weighted by molar-refractivity contribution is -0.116. The highest BCUT2D eigenvalue weighted by molar-refractivity contribution is 5.91. The van der Waals surface area contributed by atoms with Gasteiger partial charge in [-0.1, -0.05) is 12.5 Å². The first kappa shape index (κ1) is 10.2. The molecular formula is C18H26O2. The second-order valence-electron chi connectivity index (χ2n) is 7.49.